The van der Waals surface area contributed by atoms with Gasteiger partial charge in [-0.3, -0.25) is 14.9 Å². The van der Waals surface area contributed by atoms with E-state index in [1.165, 1.54) is 24.3 Å². The zero-order valence-corrected chi connectivity index (χ0v) is 11.9. The van der Waals surface area contributed by atoms with E-state index in [9.17, 15) is 33.2 Å². The molecule has 5 nitrogen and oxygen atoms in total. The van der Waals surface area contributed by atoms with Gasteiger partial charge in [-0.05, 0) is 23.3 Å². The Kier molecular flexibility index (Phi) is 4.68. The van der Waals surface area contributed by atoms with Crippen LogP contribution in [0.25, 0.3) is 5.57 Å². The molecule has 2 aromatic carbocycles. The Morgan fingerprint density at radius 2 is 1.71 bits per heavy atom. The van der Waals surface area contributed by atoms with Gasteiger partial charge in [0.1, 0.15) is 6.29 Å². The first-order valence-corrected chi connectivity index (χ1v) is 6.56. The van der Waals surface area contributed by atoms with Crippen LogP contribution >= 0.6 is 0 Å². The van der Waals surface area contributed by atoms with Crippen LogP contribution in [0.3, 0.4) is 0 Å². The van der Waals surface area contributed by atoms with Crippen LogP contribution in [-0.4, -0.2) is 16.3 Å². The minimum absolute atomic E-state index is 0.243. The molecule has 0 saturated carbocycles. The van der Waals surface area contributed by atoms with E-state index in [0.29, 0.717) is 0 Å². The number of alkyl halides is 3. The highest BCUT2D eigenvalue weighted by Gasteiger charge is 2.34. The lowest BCUT2D eigenvalue weighted by atomic mass is 9.92. The number of rotatable bonds is 4. The maximum Gasteiger partial charge on any atom is 0.417 e. The summed E-state index contributed by atoms with van der Waals surface area (Å²) in [5.41, 5.74) is -2.57. The van der Waals surface area contributed by atoms with Gasteiger partial charge in [0.05, 0.1) is 10.5 Å². The van der Waals surface area contributed by atoms with Crippen molar-refractivity contribution in [2.45, 2.75) is 6.18 Å². The van der Waals surface area contributed by atoms with E-state index in [4.69, 9.17) is 0 Å². The average molecular weight is 337 g/mol. The second-order valence-corrected chi connectivity index (χ2v) is 4.69. The van der Waals surface area contributed by atoms with E-state index in [0.717, 1.165) is 24.3 Å². The van der Waals surface area contributed by atoms with E-state index in [1.807, 2.05) is 0 Å². The van der Waals surface area contributed by atoms with E-state index in [-0.39, 0.29) is 23.0 Å². The molecule has 0 aliphatic carbocycles. The number of hydrogen-bond donors (Lipinski definition) is 1. The molecule has 2 rings (SSSR count). The molecule has 0 radical (unpaired) electrons. The zero-order chi connectivity index (χ0) is 17.9. The summed E-state index contributed by atoms with van der Waals surface area (Å²) in [6.45, 7) is 0. The van der Waals surface area contributed by atoms with Crippen molar-refractivity contribution < 1.29 is 28.0 Å². The van der Waals surface area contributed by atoms with Gasteiger partial charge in [-0.1, -0.05) is 30.3 Å². The van der Waals surface area contributed by atoms with E-state index < -0.39 is 28.1 Å². The standard InChI is InChI=1S/C16H10F3NO4/c17-16(18,19)13-6-2-1-4-11(13)10(8-9-21)12-5-3-7-14(15(12)22)20(23)24/h1-9,22H. The first kappa shape index (κ1) is 17.2. The van der Waals surface area contributed by atoms with Gasteiger partial charge in [0.15, 0.2) is 0 Å². The Balaban J connectivity index is 2.76. The molecule has 0 spiro atoms. The SMILES string of the molecule is O=CC=C(c1ccccc1C(F)(F)F)c1cccc([N+](=O)[O-])c1O. The topological polar surface area (TPSA) is 80.4 Å². The molecule has 8 heteroatoms. The number of aldehydes is 1. The Labute approximate surface area is 133 Å². The van der Waals surface area contributed by atoms with E-state index in [2.05, 4.69) is 0 Å². The van der Waals surface area contributed by atoms with Crippen molar-refractivity contribution in [1.29, 1.82) is 0 Å². The Hall–Kier alpha value is -3.16. The van der Waals surface area contributed by atoms with Gasteiger partial charge in [-0.2, -0.15) is 13.2 Å². The summed E-state index contributed by atoms with van der Waals surface area (Å²) in [5, 5.41) is 20.9. The Morgan fingerprint density at radius 3 is 2.29 bits per heavy atom. The lowest BCUT2D eigenvalue weighted by molar-refractivity contribution is -0.385. The van der Waals surface area contributed by atoms with Gasteiger partial charge in [0.2, 0.25) is 5.75 Å². The number of benzene rings is 2. The molecular formula is C16H10F3NO4. The average Bonchev–Trinajstić information content (AvgIpc) is 2.52. The normalized spacial score (nSPS) is 12.0. The van der Waals surface area contributed by atoms with Crippen LogP contribution in [0, 0.1) is 10.1 Å². The summed E-state index contributed by atoms with van der Waals surface area (Å²) in [6, 6.07) is 7.87. The summed E-state index contributed by atoms with van der Waals surface area (Å²) in [4.78, 5) is 20.9. The first-order valence-electron chi connectivity index (χ1n) is 6.56. The molecule has 24 heavy (non-hydrogen) atoms. The number of carbonyl (C=O) groups excluding carboxylic acids is 1. The highest BCUT2D eigenvalue weighted by molar-refractivity contribution is 5.93. The van der Waals surface area contributed by atoms with Crippen molar-refractivity contribution in [3.63, 3.8) is 0 Å². The van der Waals surface area contributed by atoms with Crippen LogP contribution in [-0.2, 0) is 11.0 Å². The van der Waals surface area contributed by atoms with Crippen molar-refractivity contribution in [3.05, 3.63) is 75.3 Å². The minimum atomic E-state index is -4.70. The molecule has 0 amide bonds. The molecule has 0 atom stereocenters. The molecule has 0 aliphatic rings. The number of para-hydroxylation sites is 1. The number of aromatic hydroxyl groups is 1. The summed E-state index contributed by atoms with van der Waals surface area (Å²) in [6.07, 6.45) is -3.63. The maximum atomic E-state index is 13.2. The molecule has 0 fully saturated rings. The van der Waals surface area contributed by atoms with Crippen LogP contribution in [0.15, 0.2) is 48.5 Å². The van der Waals surface area contributed by atoms with Gasteiger partial charge in [0.25, 0.3) is 0 Å². The van der Waals surface area contributed by atoms with Crippen molar-refractivity contribution in [2.24, 2.45) is 0 Å². The number of halogens is 3. The van der Waals surface area contributed by atoms with Crippen molar-refractivity contribution in [2.75, 3.05) is 0 Å². The second kappa shape index (κ2) is 6.53. The summed E-state index contributed by atoms with van der Waals surface area (Å²) < 4.78 is 39.6. The number of allylic oxidation sites excluding steroid dienone is 1. The molecule has 1 N–H and O–H groups in total. The molecule has 0 saturated heterocycles. The molecule has 0 unspecified atom stereocenters. The van der Waals surface area contributed by atoms with Gasteiger partial charge in [-0.15, -0.1) is 0 Å². The first-order chi connectivity index (χ1) is 11.3. The highest BCUT2D eigenvalue weighted by Crippen LogP contribution is 2.41. The third-order valence-corrected chi connectivity index (χ3v) is 3.26. The Morgan fingerprint density at radius 1 is 1.08 bits per heavy atom. The van der Waals surface area contributed by atoms with Crippen molar-refractivity contribution in [1.82, 2.24) is 0 Å². The second-order valence-electron chi connectivity index (χ2n) is 4.69. The van der Waals surface area contributed by atoms with Crippen LogP contribution < -0.4 is 0 Å². The van der Waals surface area contributed by atoms with Crippen molar-refractivity contribution in [3.8, 4) is 5.75 Å². The van der Waals surface area contributed by atoms with Gasteiger partial charge in [-0.25, -0.2) is 0 Å². The number of hydrogen-bond acceptors (Lipinski definition) is 4. The fourth-order valence-electron chi connectivity index (χ4n) is 2.25. The zero-order valence-electron chi connectivity index (χ0n) is 11.9. The van der Waals surface area contributed by atoms with Crippen LogP contribution in [0.5, 0.6) is 5.75 Å². The van der Waals surface area contributed by atoms with Gasteiger partial charge >= 0.3 is 11.9 Å². The number of phenolic OH excluding ortho intramolecular Hbond substituents is 1. The predicted molar refractivity (Wildman–Crippen MR) is 79.3 cm³/mol. The molecule has 0 heterocycles. The smallest absolute Gasteiger partial charge is 0.417 e. The third-order valence-electron chi connectivity index (χ3n) is 3.26. The number of nitrogens with zero attached hydrogens (tertiary/aromatic N) is 1. The fraction of sp³-hybridized carbons (Fsp3) is 0.0625. The van der Waals surface area contributed by atoms with Crippen LogP contribution in [0.1, 0.15) is 16.7 Å². The predicted octanol–water partition coefficient (Wildman–Crippen LogP) is 3.95. The molecule has 124 valence electrons. The quantitative estimate of drug-likeness (QED) is 0.396. The molecular weight excluding hydrogens is 327 g/mol. The lowest BCUT2D eigenvalue weighted by Gasteiger charge is -2.16. The molecule has 0 bridgehead atoms. The molecule has 2 aromatic rings. The fourth-order valence-corrected chi connectivity index (χ4v) is 2.25. The largest absolute Gasteiger partial charge is 0.502 e. The number of carbonyl (C=O) groups is 1. The minimum Gasteiger partial charge on any atom is -0.502 e. The Bertz CT molecular complexity index is 828. The highest BCUT2D eigenvalue weighted by atomic mass is 19.4. The summed E-state index contributed by atoms with van der Waals surface area (Å²) in [7, 11) is 0. The lowest BCUT2D eigenvalue weighted by Crippen LogP contribution is -2.09. The number of nitro benzene ring substituents is 1. The van der Waals surface area contributed by atoms with Crippen LogP contribution in [0.2, 0.25) is 0 Å². The molecule has 0 aliphatic heterocycles. The van der Waals surface area contributed by atoms with E-state index >= 15 is 0 Å². The monoisotopic (exact) mass is 337 g/mol. The summed E-state index contributed by atoms with van der Waals surface area (Å²) >= 11 is 0. The molecule has 0 aromatic heterocycles. The van der Waals surface area contributed by atoms with Crippen molar-refractivity contribution >= 4 is 17.5 Å². The van der Waals surface area contributed by atoms with Gasteiger partial charge in [0, 0.05) is 11.6 Å². The van der Waals surface area contributed by atoms with E-state index in [1.54, 1.807) is 0 Å². The number of phenols is 1. The number of nitro groups is 1. The maximum absolute atomic E-state index is 13.2. The van der Waals surface area contributed by atoms with Crippen LogP contribution in [0.4, 0.5) is 18.9 Å². The third kappa shape index (κ3) is 3.27. The summed E-state index contributed by atoms with van der Waals surface area (Å²) in [5.74, 6) is -0.812. The van der Waals surface area contributed by atoms with Gasteiger partial charge < -0.3 is 5.11 Å².